The zero-order valence-electron chi connectivity index (χ0n) is 21.5. The van der Waals surface area contributed by atoms with E-state index in [0.29, 0.717) is 24.4 Å². The third-order valence-electron chi connectivity index (χ3n) is 5.93. The van der Waals surface area contributed by atoms with E-state index in [1.165, 1.54) is 18.2 Å². The first-order chi connectivity index (χ1) is 17.7. The van der Waals surface area contributed by atoms with Crippen molar-refractivity contribution in [3.63, 3.8) is 0 Å². The Kier molecular flexibility index (Phi) is 9.12. The van der Waals surface area contributed by atoms with Crippen molar-refractivity contribution < 1.29 is 32.9 Å². The van der Waals surface area contributed by atoms with Crippen molar-refractivity contribution in [1.82, 2.24) is 14.9 Å². The van der Waals surface area contributed by atoms with Gasteiger partial charge in [0.05, 0.1) is 10.7 Å². The molecule has 2 aromatic carbocycles. The van der Waals surface area contributed by atoms with Gasteiger partial charge in [0, 0.05) is 37.0 Å². The maximum atomic E-state index is 12.8. The second-order valence-corrected chi connectivity index (χ2v) is 10.1. The van der Waals surface area contributed by atoms with Crippen LogP contribution in [-0.4, -0.2) is 50.6 Å². The van der Waals surface area contributed by atoms with Gasteiger partial charge in [0.1, 0.15) is 17.2 Å². The van der Waals surface area contributed by atoms with Crippen LogP contribution in [0.25, 0.3) is 11.3 Å². The summed E-state index contributed by atoms with van der Waals surface area (Å²) >= 11 is 6.06. The SMILES string of the molecule is CC(Oc1ccc(C(=O)N[C@H](CCO)Cc2ccc(-c3cn(C)c(C(C)(C)O)n3)cc2)cc1Cl)C(F)(F)F. The molecule has 0 spiro atoms. The lowest BCUT2D eigenvalue weighted by Crippen LogP contribution is -2.37. The number of aryl methyl sites for hydroxylation is 1. The first-order valence-corrected chi connectivity index (χ1v) is 12.4. The molecule has 0 saturated heterocycles. The molecule has 3 rings (SSSR count). The van der Waals surface area contributed by atoms with Crippen molar-refractivity contribution in [3.05, 3.63) is 70.6 Å². The average molecular weight is 554 g/mol. The van der Waals surface area contributed by atoms with Gasteiger partial charge in [0.2, 0.25) is 0 Å². The van der Waals surface area contributed by atoms with Crippen molar-refractivity contribution in [2.24, 2.45) is 7.05 Å². The molecule has 0 aliphatic heterocycles. The fraction of sp³-hybridized carbons (Fsp3) is 0.407. The zero-order chi connectivity index (χ0) is 28.3. The molecular formula is C27H31ClF3N3O4. The van der Waals surface area contributed by atoms with Crippen LogP contribution >= 0.6 is 11.6 Å². The third kappa shape index (κ3) is 7.49. The van der Waals surface area contributed by atoms with Gasteiger partial charge in [-0.3, -0.25) is 4.79 Å². The predicted molar refractivity (Wildman–Crippen MR) is 138 cm³/mol. The van der Waals surface area contributed by atoms with E-state index in [1.54, 1.807) is 18.4 Å². The number of amides is 1. The fourth-order valence-corrected chi connectivity index (χ4v) is 4.14. The number of hydrogen-bond acceptors (Lipinski definition) is 5. The highest BCUT2D eigenvalue weighted by molar-refractivity contribution is 6.32. The zero-order valence-corrected chi connectivity index (χ0v) is 22.3. The number of carbonyl (C=O) groups is 1. The summed E-state index contributed by atoms with van der Waals surface area (Å²) in [6.07, 6.45) is -4.04. The number of halogens is 4. The first kappa shape index (κ1) is 29.5. The van der Waals surface area contributed by atoms with E-state index >= 15 is 0 Å². The number of benzene rings is 2. The van der Waals surface area contributed by atoms with Gasteiger partial charge in [-0.2, -0.15) is 13.2 Å². The molecule has 0 aliphatic rings. The number of ether oxygens (including phenoxy) is 1. The summed E-state index contributed by atoms with van der Waals surface area (Å²) in [6, 6.07) is 11.0. The van der Waals surface area contributed by atoms with E-state index in [0.717, 1.165) is 18.1 Å². The minimum atomic E-state index is -4.55. The smallest absolute Gasteiger partial charge is 0.425 e. The lowest BCUT2D eigenvalue weighted by molar-refractivity contribution is -0.189. The number of carbonyl (C=O) groups excluding carboxylic acids is 1. The summed E-state index contributed by atoms with van der Waals surface area (Å²) in [4.78, 5) is 17.3. The van der Waals surface area contributed by atoms with Gasteiger partial charge in [-0.05, 0) is 57.4 Å². The van der Waals surface area contributed by atoms with Gasteiger partial charge in [-0.15, -0.1) is 0 Å². The summed E-state index contributed by atoms with van der Waals surface area (Å²) in [7, 11) is 1.82. The number of aliphatic hydroxyl groups excluding tert-OH is 1. The summed E-state index contributed by atoms with van der Waals surface area (Å²) in [5, 5.41) is 22.5. The van der Waals surface area contributed by atoms with Crippen molar-refractivity contribution in [3.8, 4) is 17.0 Å². The van der Waals surface area contributed by atoms with Gasteiger partial charge in [0.15, 0.2) is 6.10 Å². The van der Waals surface area contributed by atoms with Crippen LogP contribution < -0.4 is 10.1 Å². The number of rotatable bonds is 10. The maximum Gasteiger partial charge on any atom is 0.425 e. The molecule has 11 heteroatoms. The molecule has 206 valence electrons. The van der Waals surface area contributed by atoms with Gasteiger partial charge >= 0.3 is 6.18 Å². The van der Waals surface area contributed by atoms with E-state index in [9.17, 15) is 28.2 Å². The Morgan fingerprint density at radius 1 is 1.18 bits per heavy atom. The normalized spacial score (nSPS) is 13.7. The molecular weight excluding hydrogens is 523 g/mol. The molecule has 0 fully saturated rings. The lowest BCUT2D eigenvalue weighted by atomic mass is 10.0. The largest absolute Gasteiger partial charge is 0.480 e. The molecule has 1 heterocycles. The molecule has 0 aliphatic carbocycles. The molecule has 0 radical (unpaired) electrons. The Morgan fingerprint density at radius 2 is 1.84 bits per heavy atom. The van der Waals surface area contributed by atoms with Crippen molar-refractivity contribution in [1.29, 1.82) is 0 Å². The van der Waals surface area contributed by atoms with Crippen LogP contribution in [0.1, 0.15) is 48.9 Å². The minimum Gasteiger partial charge on any atom is -0.480 e. The number of imidazole rings is 1. The van der Waals surface area contributed by atoms with Crippen LogP contribution in [0.4, 0.5) is 13.2 Å². The van der Waals surface area contributed by atoms with E-state index < -0.39 is 29.8 Å². The van der Waals surface area contributed by atoms with Crippen LogP contribution in [0.2, 0.25) is 5.02 Å². The standard InChI is InChI=1S/C27H31ClF3N3O4/c1-16(27(29,30)31)38-23-10-9-19(14-21(23)28)24(36)32-20(11-12-35)13-17-5-7-18(8-6-17)22-15-34(4)25(33-22)26(2,3)37/h5-10,14-16,20,35,37H,11-13H2,1-4H3,(H,32,36)/t16?,20-/m1/s1. The first-order valence-electron chi connectivity index (χ1n) is 12.0. The van der Waals surface area contributed by atoms with Gasteiger partial charge in [-0.1, -0.05) is 35.9 Å². The molecule has 1 aromatic heterocycles. The molecule has 2 atom stereocenters. The number of nitrogens with zero attached hydrogens (tertiary/aromatic N) is 2. The third-order valence-corrected chi connectivity index (χ3v) is 6.22. The number of nitrogens with one attached hydrogen (secondary N) is 1. The Balaban J connectivity index is 1.68. The molecule has 1 amide bonds. The highest BCUT2D eigenvalue weighted by atomic mass is 35.5. The number of alkyl halides is 3. The Morgan fingerprint density at radius 3 is 2.37 bits per heavy atom. The fourth-order valence-electron chi connectivity index (χ4n) is 3.91. The van der Waals surface area contributed by atoms with Gasteiger partial charge in [0.25, 0.3) is 5.91 Å². The topological polar surface area (TPSA) is 96.6 Å². The highest BCUT2D eigenvalue weighted by Crippen LogP contribution is 2.31. The molecule has 0 saturated carbocycles. The second-order valence-electron chi connectivity index (χ2n) is 9.65. The van der Waals surface area contributed by atoms with Crippen LogP contribution in [0.3, 0.4) is 0 Å². The van der Waals surface area contributed by atoms with E-state index in [-0.39, 0.29) is 22.9 Å². The van der Waals surface area contributed by atoms with Gasteiger partial charge < -0.3 is 24.8 Å². The minimum absolute atomic E-state index is 0.120. The van der Waals surface area contributed by atoms with Crippen molar-refractivity contribution >= 4 is 17.5 Å². The van der Waals surface area contributed by atoms with Crippen LogP contribution in [-0.2, 0) is 19.1 Å². The highest BCUT2D eigenvalue weighted by Gasteiger charge is 2.38. The second kappa shape index (κ2) is 11.8. The molecule has 0 bridgehead atoms. The van der Waals surface area contributed by atoms with Crippen molar-refractivity contribution in [2.75, 3.05) is 6.61 Å². The van der Waals surface area contributed by atoms with Crippen LogP contribution in [0.5, 0.6) is 5.75 Å². The number of aliphatic hydroxyl groups is 2. The summed E-state index contributed by atoms with van der Waals surface area (Å²) in [5.41, 5.74) is 1.55. The summed E-state index contributed by atoms with van der Waals surface area (Å²) in [5.74, 6) is -0.121. The predicted octanol–water partition coefficient (Wildman–Crippen LogP) is 5.02. The number of aromatic nitrogens is 2. The van der Waals surface area contributed by atoms with E-state index in [2.05, 4.69) is 10.3 Å². The van der Waals surface area contributed by atoms with Crippen LogP contribution in [0.15, 0.2) is 48.7 Å². The Hall–Kier alpha value is -3.08. The number of hydrogen-bond donors (Lipinski definition) is 3. The Labute approximate surface area is 224 Å². The molecule has 3 aromatic rings. The molecule has 1 unspecified atom stereocenters. The quantitative estimate of drug-likeness (QED) is 0.327. The molecule has 7 nitrogen and oxygen atoms in total. The van der Waals surface area contributed by atoms with Crippen LogP contribution in [0, 0.1) is 0 Å². The van der Waals surface area contributed by atoms with E-state index in [1.807, 2.05) is 37.5 Å². The molecule has 38 heavy (non-hydrogen) atoms. The summed E-state index contributed by atoms with van der Waals surface area (Å²) in [6.45, 7) is 4.05. The molecule has 3 N–H and O–H groups in total. The lowest BCUT2D eigenvalue weighted by Gasteiger charge is -2.20. The van der Waals surface area contributed by atoms with Gasteiger partial charge in [-0.25, -0.2) is 4.98 Å². The maximum absolute atomic E-state index is 12.8. The summed E-state index contributed by atoms with van der Waals surface area (Å²) < 4.78 is 45.0. The average Bonchev–Trinajstić information content (AvgIpc) is 3.22. The Bertz CT molecular complexity index is 1250. The monoisotopic (exact) mass is 553 g/mol. The van der Waals surface area contributed by atoms with Crippen molar-refractivity contribution in [2.45, 2.75) is 57.5 Å². The van der Waals surface area contributed by atoms with E-state index in [4.69, 9.17) is 16.3 Å².